The number of rotatable bonds is 1. The highest BCUT2D eigenvalue weighted by molar-refractivity contribution is 5.54. The quantitative estimate of drug-likeness (QED) is 0.803. The molecule has 0 bridgehead atoms. The zero-order valence-corrected chi connectivity index (χ0v) is 11.9. The maximum Gasteiger partial charge on any atom is 0.222 e. The molecule has 3 heterocycles. The number of aromatic nitrogens is 2. The zero-order chi connectivity index (χ0) is 13.5. The molecule has 0 spiro atoms. The molecule has 4 rings (SSSR count). The predicted octanol–water partition coefficient (Wildman–Crippen LogP) is 1.13. The van der Waals surface area contributed by atoms with Crippen LogP contribution in [-0.2, 0) is 12.8 Å². The van der Waals surface area contributed by atoms with Crippen molar-refractivity contribution >= 4 is 11.8 Å². The number of nitrogens with two attached hydrogens (primary N) is 1. The van der Waals surface area contributed by atoms with Gasteiger partial charge in [-0.1, -0.05) is 0 Å². The Morgan fingerprint density at radius 2 is 2.00 bits per heavy atom. The van der Waals surface area contributed by atoms with Gasteiger partial charge in [0.1, 0.15) is 5.82 Å². The summed E-state index contributed by atoms with van der Waals surface area (Å²) in [6.45, 7) is 3.37. The van der Waals surface area contributed by atoms with Gasteiger partial charge in [0, 0.05) is 24.7 Å². The minimum Gasteiger partial charge on any atom is -0.368 e. The van der Waals surface area contributed by atoms with E-state index in [0.717, 1.165) is 37.7 Å². The Hall–Kier alpha value is -1.36. The summed E-state index contributed by atoms with van der Waals surface area (Å²) in [7, 11) is 0. The van der Waals surface area contributed by atoms with Gasteiger partial charge in [-0.2, -0.15) is 4.98 Å². The SMILES string of the molecule is Nc1nc2c(c(N3CC4NCCC[C@@H]4C3)n1)CCCC2. The average molecular weight is 273 g/mol. The Morgan fingerprint density at radius 3 is 2.90 bits per heavy atom. The fourth-order valence-electron chi connectivity index (χ4n) is 4.07. The molecule has 0 amide bonds. The normalized spacial score (nSPS) is 29.1. The molecule has 2 aliphatic heterocycles. The van der Waals surface area contributed by atoms with E-state index in [4.69, 9.17) is 5.73 Å². The molecule has 2 saturated heterocycles. The van der Waals surface area contributed by atoms with Crippen molar-refractivity contribution in [3.8, 4) is 0 Å². The van der Waals surface area contributed by atoms with E-state index in [1.165, 1.54) is 43.5 Å². The van der Waals surface area contributed by atoms with E-state index in [2.05, 4.69) is 20.2 Å². The fourth-order valence-corrected chi connectivity index (χ4v) is 4.07. The molecule has 108 valence electrons. The molecule has 5 nitrogen and oxygen atoms in total. The van der Waals surface area contributed by atoms with Crippen LogP contribution in [0.4, 0.5) is 11.8 Å². The Balaban J connectivity index is 1.66. The van der Waals surface area contributed by atoms with Crippen LogP contribution < -0.4 is 16.0 Å². The first-order valence-corrected chi connectivity index (χ1v) is 7.95. The summed E-state index contributed by atoms with van der Waals surface area (Å²) in [5.74, 6) is 2.35. The molecule has 20 heavy (non-hydrogen) atoms. The van der Waals surface area contributed by atoms with Crippen molar-refractivity contribution in [2.45, 2.75) is 44.6 Å². The van der Waals surface area contributed by atoms with Gasteiger partial charge in [0.05, 0.1) is 5.69 Å². The average Bonchev–Trinajstić information content (AvgIpc) is 2.90. The topological polar surface area (TPSA) is 67.1 Å². The molecule has 2 atom stereocenters. The van der Waals surface area contributed by atoms with Crippen molar-refractivity contribution in [3.05, 3.63) is 11.3 Å². The largest absolute Gasteiger partial charge is 0.368 e. The van der Waals surface area contributed by atoms with Crippen molar-refractivity contribution < 1.29 is 0 Å². The number of nitrogens with zero attached hydrogens (tertiary/aromatic N) is 3. The summed E-state index contributed by atoms with van der Waals surface area (Å²) in [6.07, 6.45) is 7.32. The highest BCUT2D eigenvalue weighted by atomic mass is 15.3. The van der Waals surface area contributed by atoms with Gasteiger partial charge in [-0.25, -0.2) is 4.98 Å². The number of hydrogen-bond donors (Lipinski definition) is 2. The van der Waals surface area contributed by atoms with Gasteiger partial charge in [-0.15, -0.1) is 0 Å². The summed E-state index contributed by atoms with van der Waals surface area (Å²) in [5.41, 5.74) is 8.49. The number of fused-ring (bicyclic) bond motifs is 2. The van der Waals surface area contributed by atoms with Crippen molar-refractivity contribution in [1.82, 2.24) is 15.3 Å². The van der Waals surface area contributed by atoms with Gasteiger partial charge in [0.25, 0.3) is 0 Å². The number of nitrogen functional groups attached to an aromatic ring is 1. The minimum atomic E-state index is 0.448. The van der Waals surface area contributed by atoms with Gasteiger partial charge in [0.2, 0.25) is 5.95 Å². The van der Waals surface area contributed by atoms with E-state index in [1.54, 1.807) is 0 Å². The van der Waals surface area contributed by atoms with Crippen molar-refractivity contribution in [3.63, 3.8) is 0 Å². The molecule has 0 saturated carbocycles. The Kier molecular flexibility index (Phi) is 3.02. The third-order valence-electron chi connectivity index (χ3n) is 5.08. The van der Waals surface area contributed by atoms with Crippen LogP contribution in [0.5, 0.6) is 0 Å². The second-order valence-corrected chi connectivity index (χ2v) is 6.41. The predicted molar refractivity (Wildman–Crippen MR) is 79.8 cm³/mol. The van der Waals surface area contributed by atoms with E-state index in [-0.39, 0.29) is 0 Å². The third-order valence-corrected chi connectivity index (χ3v) is 5.08. The third kappa shape index (κ3) is 2.04. The van der Waals surface area contributed by atoms with Crippen LogP contribution in [0.3, 0.4) is 0 Å². The van der Waals surface area contributed by atoms with Gasteiger partial charge in [-0.3, -0.25) is 0 Å². The second kappa shape index (κ2) is 4.88. The molecule has 0 aromatic carbocycles. The van der Waals surface area contributed by atoms with Crippen LogP contribution in [0, 0.1) is 5.92 Å². The molecule has 5 heteroatoms. The maximum atomic E-state index is 5.93. The Bertz CT molecular complexity index is 501. The molecule has 2 fully saturated rings. The molecule has 0 radical (unpaired) electrons. The Labute approximate surface area is 120 Å². The fraction of sp³-hybridized carbons (Fsp3) is 0.733. The van der Waals surface area contributed by atoms with Crippen LogP contribution in [0.25, 0.3) is 0 Å². The summed E-state index contributed by atoms with van der Waals surface area (Å²) >= 11 is 0. The minimum absolute atomic E-state index is 0.448. The summed E-state index contributed by atoms with van der Waals surface area (Å²) in [5, 5.41) is 3.66. The van der Waals surface area contributed by atoms with E-state index >= 15 is 0 Å². The zero-order valence-electron chi connectivity index (χ0n) is 11.9. The van der Waals surface area contributed by atoms with Gasteiger partial charge in [-0.05, 0) is 51.0 Å². The maximum absolute atomic E-state index is 5.93. The van der Waals surface area contributed by atoms with Crippen molar-refractivity contribution in [1.29, 1.82) is 0 Å². The lowest BCUT2D eigenvalue weighted by Gasteiger charge is -2.25. The van der Waals surface area contributed by atoms with Crippen molar-refractivity contribution in [2.75, 3.05) is 30.3 Å². The highest BCUT2D eigenvalue weighted by Gasteiger charge is 2.36. The van der Waals surface area contributed by atoms with Crippen LogP contribution >= 0.6 is 0 Å². The summed E-state index contributed by atoms with van der Waals surface area (Å²) in [4.78, 5) is 11.5. The molecule has 1 aliphatic carbocycles. The van der Waals surface area contributed by atoms with Crippen LogP contribution in [0.15, 0.2) is 0 Å². The molecule has 3 aliphatic rings. The molecular weight excluding hydrogens is 250 g/mol. The second-order valence-electron chi connectivity index (χ2n) is 6.41. The number of piperidine rings is 1. The lowest BCUT2D eigenvalue weighted by atomic mass is 9.94. The first-order chi connectivity index (χ1) is 9.81. The van der Waals surface area contributed by atoms with E-state index in [1.807, 2.05) is 0 Å². The molecular formula is C15H23N5. The van der Waals surface area contributed by atoms with E-state index in [0.29, 0.717) is 12.0 Å². The molecule has 1 aromatic rings. The monoisotopic (exact) mass is 273 g/mol. The number of nitrogens with one attached hydrogen (secondary N) is 1. The number of aryl methyl sites for hydroxylation is 1. The lowest BCUT2D eigenvalue weighted by molar-refractivity contribution is 0.340. The summed E-state index contributed by atoms with van der Waals surface area (Å²) in [6, 6.07) is 0.638. The highest BCUT2D eigenvalue weighted by Crippen LogP contribution is 2.33. The first kappa shape index (κ1) is 12.4. The number of hydrogen-bond acceptors (Lipinski definition) is 5. The number of anilines is 2. The van der Waals surface area contributed by atoms with Crippen LogP contribution in [0.2, 0.25) is 0 Å². The van der Waals surface area contributed by atoms with Crippen LogP contribution in [0.1, 0.15) is 36.9 Å². The lowest BCUT2D eigenvalue weighted by Crippen LogP contribution is -2.40. The van der Waals surface area contributed by atoms with Crippen LogP contribution in [-0.4, -0.2) is 35.6 Å². The smallest absolute Gasteiger partial charge is 0.222 e. The van der Waals surface area contributed by atoms with Crippen molar-refractivity contribution in [2.24, 2.45) is 5.92 Å². The van der Waals surface area contributed by atoms with Gasteiger partial charge < -0.3 is 16.0 Å². The first-order valence-electron chi connectivity index (χ1n) is 7.95. The standard InChI is InChI=1S/C15H23N5/c16-15-18-12-6-2-1-5-11(12)14(19-15)20-8-10-4-3-7-17-13(10)9-20/h10,13,17H,1-9H2,(H2,16,18,19)/t10-,13?/m1/s1. The van der Waals surface area contributed by atoms with Gasteiger partial charge >= 0.3 is 0 Å². The van der Waals surface area contributed by atoms with E-state index < -0.39 is 0 Å². The summed E-state index contributed by atoms with van der Waals surface area (Å²) < 4.78 is 0. The molecule has 1 aromatic heterocycles. The van der Waals surface area contributed by atoms with Gasteiger partial charge in [0.15, 0.2) is 0 Å². The van der Waals surface area contributed by atoms with E-state index in [9.17, 15) is 0 Å². The molecule has 3 N–H and O–H groups in total. The molecule has 1 unspecified atom stereocenters. The Morgan fingerprint density at radius 1 is 1.10 bits per heavy atom.